The Labute approximate surface area is 301 Å². The van der Waals surface area contributed by atoms with Crippen molar-refractivity contribution in [2.24, 2.45) is 0 Å². The highest BCUT2D eigenvalue weighted by atomic mass is 19.1. The summed E-state index contributed by atoms with van der Waals surface area (Å²) in [6.07, 6.45) is 0. The summed E-state index contributed by atoms with van der Waals surface area (Å²) >= 11 is 0. The first-order valence-electron chi connectivity index (χ1n) is 17.3. The quantitative estimate of drug-likeness (QED) is 0.184. The lowest BCUT2D eigenvalue weighted by Crippen LogP contribution is -2.24. The van der Waals surface area contributed by atoms with Gasteiger partial charge >= 0.3 is 0 Å². The molecule has 0 bridgehead atoms. The molecule has 0 amide bonds. The minimum atomic E-state index is -0.477. The molecule has 2 aliphatic heterocycles. The van der Waals surface area contributed by atoms with Crippen LogP contribution in [0, 0.1) is 11.6 Å². The van der Waals surface area contributed by atoms with Gasteiger partial charge in [-0.05, 0) is 101 Å². The molecule has 6 heteroatoms. The highest BCUT2D eigenvalue weighted by molar-refractivity contribution is 6.04. The van der Waals surface area contributed by atoms with E-state index in [1.54, 1.807) is 0 Å². The maximum Gasteiger partial charge on any atom is 0.151 e. The first kappa shape index (κ1) is 31.6. The number of hydrogen-bond donors (Lipinski definition) is 0. The van der Waals surface area contributed by atoms with Crippen molar-refractivity contribution >= 4 is 34.1 Å². The van der Waals surface area contributed by atoms with Gasteiger partial charge in [-0.3, -0.25) is 0 Å². The molecule has 0 spiro atoms. The summed E-state index contributed by atoms with van der Waals surface area (Å²) in [5.74, 6) is 2.23. The number of benzene rings is 7. The van der Waals surface area contributed by atoms with Crippen LogP contribution in [-0.2, 0) is 5.41 Å². The zero-order chi connectivity index (χ0) is 35.6. The van der Waals surface area contributed by atoms with Crippen LogP contribution in [0.3, 0.4) is 0 Å². The Bertz CT molecular complexity index is 2230. The third-order valence-electron chi connectivity index (χ3n) is 9.65. The fourth-order valence-corrected chi connectivity index (χ4v) is 7.50. The SMILES string of the molecule is CC(C)(C)c1c(-c2ccc(F)cc2)c(N2c3ccccc3Oc3ccccc32)cc(N2c3ccccc3Oc3ccccc32)c1-c1ccc(F)cc1. The smallest absolute Gasteiger partial charge is 0.151 e. The van der Waals surface area contributed by atoms with Crippen LogP contribution < -0.4 is 19.3 Å². The lowest BCUT2D eigenvalue weighted by Gasteiger charge is -2.40. The number of halogens is 2. The van der Waals surface area contributed by atoms with Crippen LogP contribution in [-0.4, -0.2) is 0 Å². The number of rotatable bonds is 4. The molecule has 2 aliphatic rings. The molecule has 52 heavy (non-hydrogen) atoms. The monoisotopic (exact) mass is 684 g/mol. The Morgan fingerprint density at radius 2 is 0.712 bits per heavy atom. The Balaban J connectivity index is 1.49. The van der Waals surface area contributed by atoms with Gasteiger partial charge in [0.2, 0.25) is 0 Å². The van der Waals surface area contributed by atoms with E-state index in [1.807, 2.05) is 97.1 Å². The van der Waals surface area contributed by atoms with Gasteiger partial charge in [-0.2, -0.15) is 0 Å². The van der Waals surface area contributed by atoms with Gasteiger partial charge in [0.25, 0.3) is 0 Å². The predicted molar refractivity (Wildman–Crippen MR) is 205 cm³/mol. The molecule has 0 fully saturated rings. The van der Waals surface area contributed by atoms with Gasteiger partial charge in [-0.1, -0.05) is 93.6 Å². The lowest BCUT2D eigenvalue weighted by molar-refractivity contribution is 0.477. The van der Waals surface area contributed by atoms with E-state index in [1.165, 1.54) is 24.3 Å². The van der Waals surface area contributed by atoms with Gasteiger partial charge in [0.05, 0.1) is 34.1 Å². The van der Waals surface area contributed by atoms with Crippen LogP contribution in [0.1, 0.15) is 26.3 Å². The van der Waals surface area contributed by atoms with E-state index in [0.717, 1.165) is 84.9 Å². The van der Waals surface area contributed by atoms with Crippen LogP contribution in [0.15, 0.2) is 152 Å². The molecule has 0 aliphatic carbocycles. The van der Waals surface area contributed by atoms with Crippen molar-refractivity contribution < 1.29 is 18.3 Å². The summed E-state index contributed by atoms with van der Waals surface area (Å²) in [6.45, 7) is 6.58. The van der Waals surface area contributed by atoms with Gasteiger partial charge < -0.3 is 19.3 Å². The fraction of sp³-hybridized carbons (Fsp3) is 0.0870. The van der Waals surface area contributed by atoms with Crippen molar-refractivity contribution in [2.75, 3.05) is 9.80 Å². The first-order valence-corrected chi connectivity index (χ1v) is 17.3. The third-order valence-corrected chi connectivity index (χ3v) is 9.65. The molecule has 9 rings (SSSR count). The van der Waals surface area contributed by atoms with Gasteiger partial charge in [0.1, 0.15) is 11.6 Å². The second kappa shape index (κ2) is 12.1. The van der Waals surface area contributed by atoms with Crippen molar-refractivity contribution in [3.63, 3.8) is 0 Å². The van der Waals surface area contributed by atoms with Crippen LogP contribution in [0.25, 0.3) is 22.3 Å². The number of hydrogen-bond acceptors (Lipinski definition) is 4. The molecule has 7 aromatic rings. The summed E-state index contributed by atoms with van der Waals surface area (Å²) in [5.41, 5.74) is 9.31. The average molecular weight is 685 g/mol. The summed E-state index contributed by atoms with van der Waals surface area (Å²) < 4.78 is 42.3. The maximum absolute atomic E-state index is 14.7. The molecule has 0 N–H and O–H groups in total. The molecular formula is C46H34F2N2O2. The van der Waals surface area contributed by atoms with E-state index in [-0.39, 0.29) is 11.6 Å². The minimum absolute atomic E-state index is 0.318. The van der Waals surface area contributed by atoms with Crippen LogP contribution in [0.5, 0.6) is 23.0 Å². The van der Waals surface area contributed by atoms with Crippen LogP contribution >= 0.6 is 0 Å². The summed E-state index contributed by atoms with van der Waals surface area (Å²) in [7, 11) is 0. The van der Waals surface area contributed by atoms with Crippen molar-refractivity contribution in [1.82, 2.24) is 0 Å². The Kier molecular flexibility index (Phi) is 7.37. The number of anilines is 6. The van der Waals surface area contributed by atoms with Gasteiger partial charge in [0, 0.05) is 11.1 Å². The first-order chi connectivity index (χ1) is 25.3. The molecule has 0 aromatic heterocycles. The zero-order valence-electron chi connectivity index (χ0n) is 28.9. The average Bonchev–Trinajstić information content (AvgIpc) is 3.15. The van der Waals surface area contributed by atoms with Crippen LogP contribution in [0.4, 0.5) is 42.9 Å². The second-order valence-corrected chi connectivity index (χ2v) is 14.0. The number of nitrogens with zero attached hydrogens (tertiary/aromatic N) is 2. The third kappa shape index (κ3) is 5.18. The molecule has 0 saturated heterocycles. The largest absolute Gasteiger partial charge is 0.453 e. The molecule has 4 nitrogen and oxygen atoms in total. The maximum atomic E-state index is 14.7. The van der Waals surface area contributed by atoms with Gasteiger partial charge in [-0.25, -0.2) is 8.78 Å². The Morgan fingerprint density at radius 1 is 0.404 bits per heavy atom. The highest BCUT2D eigenvalue weighted by Gasteiger charge is 2.37. The number of ether oxygens (including phenoxy) is 2. The normalized spacial score (nSPS) is 12.9. The Morgan fingerprint density at radius 3 is 1.02 bits per heavy atom. The minimum Gasteiger partial charge on any atom is -0.453 e. The van der Waals surface area contributed by atoms with Crippen molar-refractivity contribution in [2.45, 2.75) is 26.2 Å². The van der Waals surface area contributed by atoms with E-state index in [4.69, 9.17) is 9.47 Å². The van der Waals surface area contributed by atoms with Gasteiger partial charge in [0.15, 0.2) is 23.0 Å². The molecule has 0 unspecified atom stereocenters. The summed E-state index contributed by atoms with van der Waals surface area (Å²) in [4.78, 5) is 4.50. The Hall–Kier alpha value is -6.40. The van der Waals surface area contributed by atoms with Crippen LogP contribution in [0.2, 0.25) is 0 Å². The van der Waals surface area contributed by atoms with Crippen molar-refractivity contribution in [3.05, 3.63) is 169 Å². The lowest BCUT2D eigenvalue weighted by atomic mass is 9.75. The predicted octanol–water partition coefficient (Wildman–Crippen LogP) is 13.7. The zero-order valence-corrected chi connectivity index (χ0v) is 28.9. The van der Waals surface area contributed by atoms with E-state index in [2.05, 4.69) is 60.9 Å². The second-order valence-electron chi connectivity index (χ2n) is 14.0. The molecule has 0 atom stereocenters. The molecule has 254 valence electrons. The molecular weight excluding hydrogens is 651 g/mol. The number of fused-ring (bicyclic) bond motifs is 4. The van der Waals surface area contributed by atoms with Gasteiger partial charge in [-0.15, -0.1) is 0 Å². The summed E-state index contributed by atoms with van der Waals surface area (Å²) in [6, 6.07) is 47.7. The topological polar surface area (TPSA) is 24.9 Å². The van der Waals surface area contributed by atoms with E-state index in [0.29, 0.717) is 0 Å². The van der Waals surface area contributed by atoms with E-state index < -0.39 is 5.41 Å². The van der Waals surface area contributed by atoms with Crippen molar-refractivity contribution in [3.8, 4) is 45.3 Å². The number of para-hydroxylation sites is 8. The highest BCUT2D eigenvalue weighted by Crippen LogP contribution is 2.60. The molecule has 0 saturated carbocycles. The molecule has 7 aromatic carbocycles. The van der Waals surface area contributed by atoms with E-state index in [9.17, 15) is 8.78 Å². The fourth-order valence-electron chi connectivity index (χ4n) is 7.50. The van der Waals surface area contributed by atoms with Crippen molar-refractivity contribution in [1.29, 1.82) is 0 Å². The summed E-state index contributed by atoms with van der Waals surface area (Å²) in [5, 5.41) is 0. The molecule has 0 radical (unpaired) electrons. The van der Waals surface area contributed by atoms with E-state index >= 15 is 0 Å². The molecule has 2 heterocycles. The standard InChI is InChI=1S/C46H34F2N2O2/c1-46(2,3)45-43(29-20-24-31(47)25-21-29)37(49-33-12-4-8-16-39(33)51-40-17-9-5-13-34(40)49)28-38(44(45)30-22-26-32(48)27-23-30)50-35-14-6-10-18-41(35)52-42-19-11-7-15-36(42)50/h4-28H,1-3H3.